The molecule has 4 aliphatic rings. The Morgan fingerprint density at radius 3 is 1.58 bits per heavy atom. The predicted molar refractivity (Wildman–Crippen MR) is 122 cm³/mol. The van der Waals surface area contributed by atoms with Gasteiger partial charge in [0.15, 0.2) is 0 Å². The molecule has 2 aromatic carbocycles. The molecule has 6 rings (SSSR count). The summed E-state index contributed by atoms with van der Waals surface area (Å²) in [6, 6.07) is 13.4. The quantitative estimate of drug-likeness (QED) is 0.515. The molecule has 0 radical (unpaired) electrons. The lowest BCUT2D eigenvalue weighted by Gasteiger charge is -2.20. The SMILES string of the molecule is Cc1cc(CC2CCC3OC3C2)ccc1Oc1ccc(CC2CCC3OC3C2)cc1C. The number of rotatable bonds is 6. The van der Waals surface area contributed by atoms with Crippen LogP contribution in [-0.4, -0.2) is 24.4 Å². The highest BCUT2D eigenvalue weighted by Gasteiger charge is 2.44. The van der Waals surface area contributed by atoms with Crippen LogP contribution < -0.4 is 4.74 Å². The van der Waals surface area contributed by atoms with Crippen molar-refractivity contribution in [2.45, 2.75) is 89.6 Å². The number of ether oxygens (including phenoxy) is 3. The molecule has 0 N–H and O–H groups in total. The van der Waals surface area contributed by atoms with E-state index in [1.807, 2.05) is 0 Å². The van der Waals surface area contributed by atoms with Crippen LogP contribution in [-0.2, 0) is 22.3 Å². The molecule has 0 bridgehead atoms. The summed E-state index contributed by atoms with van der Waals surface area (Å²) in [6.45, 7) is 4.33. The molecule has 6 atom stereocenters. The fourth-order valence-corrected chi connectivity index (χ4v) is 6.04. The van der Waals surface area contributed by atoms with Gasteiger partial charge < -0.3 is 14.2 Å². The van der Waals surface area contributed by atoms with Gasteiger partial charge in [0.1, 0.15) is 11.5 Å². The van der Waals surface area contributed by atoms with Crippen LogP contribution >= 0.6 is 0 Å². The van der Waals surface area contributed by atoms with Crippen molar-refractivity contribution in [3.8, 4) is 11.5 Å². The van der Waals surface area contributed by atoms with Gasteiger partial charge in [-0.3, -0.25) is 0 Å². The molecule has 4 fully saturated rings. The molecule has 2 aliphatic heterocycles. The number of aryl methyl sites for hydroxylation is 2. The fraction of sp³-hybridized carbons (Fsp3) is 0.571. The highest BCUT2D eigenvalue weighted by Crippen LogP contribution is 2.42. The molecule has 31 heavy (non-hydrogen) atoms. The van der Waals surface area contributed by atoms with Gasteiger partial charge in [-0.1, -0.05) is 24.3 Å². The molecule has 2 aromatic rings. The van der Waals surface area contributed by atoms with Crippen LogP contribution in [0.5, 0.6) is 11.5 Å². The zero-order chi connectivity index (χ0) is 20.9. The predicted octanol–water partition coefficient (Wildman–Crippen LogP) is 6.32. The summed E-state index contributed by atoms with van der Waals surface area (Å²) in [4.78, 5) is 0. The maximum absolute atomic E-state index is 6.34. The zero-order valence-electron chi connectivity index (χ0n) is 18.8. The van der Waals surface area contributed by atoms with Crippen LogP contribution in [0.1, 0.15) is 60.8 Å². The van der Waals surface area contributed by atoms with E-state index < -0.39 is 0 Å². The monoisotopic (exact) mass is 418 g/mol. The topological polar surface area (TPSA) is 34.3 Å². The maximum Gasteiger partial charge on any atom is 0.130 e. The minimum atomic E-state index is 0.561. The maximum atomic E-state index is 6.34. The molecule has 0 amide bonds. The number of epoxide rings is 2. The van der Waals surface area contributed by atoms with Gasteiger partial charge in [0, 0.05) is 0 Å². The molecule has 3 nitrogen and oxygen atoms in total. The van der Waals surface area contributed by atoms with Crippen LogP contribution in [0.2, 0.25) is 0 Å². The zero-order valence-corrected chi connectivity index (χ0v) is 18.8. The Balaban J connectivity index is 1.08. The molecule has 164 valence electrons. The molecule has 2 saturated carbocycles. The Hall–Kier alpha value is -1.84. The van der Waals surface area contributed by atoms with Crippen molar-refractivity contribution >= 4 is 0 Å². The number of fused-ring (bicyclic) bond motifs is 2. The summed E-state index contributed by atoms with van der Waals surface area (Å²) < 4.78 is 17.7. The third-order valence-electron chi connectivity index (χ3n) is 7.97. The fourth-order valence-electron chi connectivity index (χ4n) is 6.04. The normalized spacial score (nSPS) is 33.4. The van der Waals surface area contributed by atoms with E-state index in [1.165, 1.54) is 60.8 Å². The Morgan fingerprint density at radius 1 is 0.677 bits per heavy atom. The van der Waals surface area contributed by atoms with Crippen molar-refractivity contribution < 1.29 is 14.2 Å². The van der Waals surface area contributed by atoms with Gasteiger partial charge in [0.2, 0.25) is 0 Å². The van der Waals surface area contributed by atoms with Crippen molar-refractivity contribution in [1.82, 2.24) is 0 Å². The Morgan fingerprint density at radius 2 is 1.16 bits per heavy atom. The average Bonchev–Trinajstić information content (AvgIpc) is 3.66. The first-order chi connectivity index (χ1) is 15.1. The van der Waals surface area contributed by atoms with E-state index in [9.17, 15) is 0 Å². The number of hydrogen-bond acceptors (Lipinski definition) is 3. The largest absolute Gasteiger partial charge is 0.457 e. The standard InChI is InChI=1S/C28H34O3/c1-17-11-19(13-21-5-9-25-27(15-21)30-25)3-7-23(17)29-24-8-4-20(12-18(24)2)14-22-6-10-26-28(16-22)31-26/h3-4,7-8,11-12,21-22,25-28H,5-6,9-10,13-16H2,1-2H3. The molecule has 6 unspecified atom stereocenters. The first-order valence-electron chi connectivity index (χ1n) is 12.3. The lowest BCUT2D eigenvalue weighted by Crippen LogP contribution is -2.15. The minimum Gasteiger partial charge on any atom is -0.457 e. The number of benzene rings is 2. The second-order valence-corrected chi connectivity index (χ2v) is 10.5. The first-order valence-corrected chi connectivity index (χ1v) is 12.3. The van der Waals surface area contributed by atoms with Crippen LogP contribution in [0, 0.1) is 25.7 Å². The summed E-state index contributed by atoms with van der Waals surface area (Å²) in [5.41, 5.74) is 5.29. The molecule has 2 saturated heterocycles. The minimum absolute atomic E-state index is 0.561. The van der Waals surface area contributed by atoms with Gasteiger partial charge >= 0.3 is 0 Å². The Labute approximate surface area is 186 Å². The van der Waals surface area contributed by atoms with Crippen molar-refractivity contribution in [3.63, 3.8) is 0 Å². The average molecular weight is 419 g/mol. The second-order valence-electron chi connectivity index (χ2n) is 10.5. The summed E-state index contributed by atoms with van der Waals surface area (Å²) in [5, 5.41) is 0. The van der Waals surface area contributed by atoms with Crippen molar-refractivity contribution in [1.29, 1.82) is 0 Å². The third-order valence-corrected chi connectivity index (χ3v) is 7.97. The van der Waals surface area contributed by atoms with E-state index in [4.69, 9.17) is 14.2 Å². The van der Waals surface area contributed by atoms with Crippen LogP contribution in [0.3, 0.4) is 0 Å². The van der Waals surface area contributed by atoms with E-state index >= 15 is 0 Å². The van der Waals surface area contributed by atoms with Gasteiger partial charge in [0.05, 0.1) is 24.4 Å². The number of hydrogen-bond donors (Lipinski definition) is 0. The highest BCUT2D eigenvalue weighted by atomic mass is 16.6. The van der Waals surface area contributed by atoms with E-state index in [0.29, 0.717) is 24.4 Å². The van der Waals surface area contributed by atoms with E-state index in [0.717, 1.165) is 36.2 Å². The van der Waals surface area contributed by atoms with Gasteiger partial charge in [-0.15, -0.1) is 0 Å². The highest BCUT2D eigenvalue weighted by molar-refractivity contribution is 5.43. The van der Waals surface area contributed by atoms with Gasteiger partial charge in [-0.2, -0.15) is 0 Å². The third kappa shape index (κ3) is 4.40. The molecule has 2 heterocycles. The van der Waals surface area contributed by atoms with Crippen LogP contribution in [0.15, 0.2) is 36.4 Å². The van der Waals surface area contributed by atoms with E-state index in [2.05, 4.69) is 50.2 Å². The Bertz CT molecular complexity index is 889. The summed E-state index contributed by atoms with van der Waals surface area (Å²) >= 11 is 0. The van der Waals surface area contributed by atoms with E-state index in [-0.39, 0.29) is 0 Å². The molecule has 3 heteroatoms. The van der Waals surface area contributed by atoms with Crippen molar-refractivity contribution in [3.05, 3.63) is 58.7 Å². The molecule has 0 spiro atoms. The lowest BCUT2D eigenvalue weighted by atomic mass is 9.84. The van der Waals surface area contributed by atoms with Gasteiger partial charge in [-0.25, -0.2) is 0 Å². The molecular formula is C28H34O3. The molecule has 0 aromatic heterocycles. The van der Waals surface area contributed by atoms with Gasteiger partial charge in [-0.05, 0) is 111 Å². The van der Waals surface area contributed by atoms with E-state index in [1.54, 1.807) is 0 Å². The Kier molecular flexibility index (Phi) is 5.07. The van der Waals surface area contributed by atoms with Crippen LogP contribution in [0.25, 0.3) is 0 Å². The summed E-state index contributed by atoms with van der Waals surface area (Å²) in [6.07, 6.45) is 12.2. The first kappa shape index (κ1) is 19.8. The summed E-state index contributed by atoms with van der Waals surface area (Å²) in [5.74, 6) is 3.48. The molecular weight excluding hydrogens is 384 g/mol. The summed E-state index contributed by atoms with van der Waals surface area (Å²) in [7, 11) is 0. The van der Waals surface area contributed by atoms with Crippen LogP contribution in [0.4, 0.5) is 0 Å². The van der Waals surface area contributed by atoms with Crippen molar-refractivity contribution in [2.24, 2.45) is 11.8 Å². The smallest absolute Gasteiger partial charge is 0.130 e. The lowest BCUT2D eigenvalue weighted by molar-refractivity contribution is 0.360. The second kappa shape index (κ2) is 7.94. The molecule has 2 aliphatic carbocycles. The van der Waals surface area contributed by atoms with Crippen molar-refractivity contribution in [2.75, 3.05) is 0 Å². The van der Waals surface area contributed by atoms with Gasteiger partial charge in [0.25, 0.3) is 0 Å².